The van der Waals surface area contributed by atoms with Gasteiger partial charge in [0, 0.05) is 12.6 Å². The zero-order chi connectivity index (χ0) is 18.1. The molecule has 0 aliphatic carbocycles. The molecule has 25 heavy (non-hydrogen) atoms. The highest BCUT2D eigenvalue weighted by molar-refractivity contribution is 5.80. The minimum atomic E-state index is -0.623. The summed E-state index contributed by atoms with van der Waals surface area (Å²) in [6, 6.07) is 15.0. The van der Waals surface area contributed by atoms with Crippen LogP contribution in [0.15, 0.2) is 53.5 Å². The lowest BCUT2D eigenvalue weighted by atomic mass is 10.1. The molecule has 2 aromatic rings. The summed E-state index contributed by atoms with van der Waals surface area (Å²) in [6.07, 6.45) is 1.99. The highest BCUT2D eigenvalue weighted by Gasteiger charge is 2.06. The number of aryl methyl sites for hydroxylation is 1. The van der Waals surface area contributed by atoms with E-state index in [4.69, 9.17) is 0 Å². The van der Waals surface area contributed by atoms with Crippen LogP contribution in [0.1, 0.15) is 31.4 Å². The van der Waals surface area contributed by atoms with Crippen LogP contribution in [-0.4, -0.2) is 23.7 Å². The molecule has 1 unspecified atom stereocenters. The third-order valence-corrected chi connectivity index (χ3v) is 3.87. The molecule has 0 spiro atoms. The van der Waals surface area contributed by atoms with Gasteiger partial charge in [-0.25, -0.2) is 9.38 Å². The molecule has 2 aromatic carbocycles. The van der Waals surface area contributed by atoms with Gasteiger partial charge in [0.25, 0.3) is 0 Å². The van der Waals surface area contributed by atoms with Crippen molar-refractivity contribution >= 4 is 5.96 Å². The molecule has 134 valence electrons. The number of hydrogen-bond acceptors (Lipinski definition) is 2. The van der Waals surface area contributed by atoms with Gasteiger partial charge in [0.2, 0.25) is 0 Å². The van der Waals surface area contributed by atoms with Crippen molar-refractivity contribution in [2.45, 2.75) is 39.3 Å². The van der Waals surface area contributed by atoms with Gasteiger partial charge in [-0.3, -0.25) is 0 Å². The van der Waals surface area contributed by atoms with Crippen LogP contribution >= 0.6 is 0 Å². The van der Waals surface area contributed by atoms with E-state index in [1.165, 1.54) is 17.7 Å². The maximum absolute atomic E-state index is 13.4. The standard InChI is InChI=1S/C20H26FN3O/c1-3-22-20(23-14-17-11-12-19(25)18(21)13-17)24-15(2)9-10-16-7-5-4-6-8-16/h4-8,11-13,15,25H,3,9-10,14H2,1-2H3,(H2,22,23,24). The molecule has 0 aliphatic rings. The Kier molecular flexibility index (Phi) is 7.26. The first kappa shape index (κ1) is 18.8. The number of aliphatic imine (C=N–C) groups is 1. The van der Waals surface area contributed by atoms with Gasteiger partial charge in [-0.2, -0.15) is 0 Å². The van der Waals surface area contributed by atoms with Crippen molar-refractivity contribution in [1.82, 2.24) is 10.6 Å². The van der Waals surface area contributed by atoms with Crippen molar-refractivity contribution < 1.29 is 9.50 Å². The van der Waals surface area contributed by atoms with Gasteiger partial charge in [0.1, 0.15) is 0 Å². The molecule has 0 saturated heterocycles. The maximum atomic E-state index is 13.4. The highest BCUT2D eigenvalue weighted by Crippen LogP contribution is 2.16. The van der Waals surface area contributed by atoms with Gasteiger partial charge in [0.15, 0.2) is 17.5 Å². The first-order valence-corrected chi connectivity index (χ1v) is 8.64. The van der Waals surface area contributed by atoms with Crippen LogP contribution < -0.4 is 10.6 Å². The van der Waals surface area contributed by atoms with Gasteiger partial charge < -0.3 is 15.7 Å². The first-order chi connectivity index (χ1) is 12.1. The fourth-order valence-electron chi connectivity index (χ4n) is 2.47. The van der Waals surface area contributed by atoms with Crippen LogP contribution in [0.5, 0.6) is 5.75 Å². The number of halogens is 1. The van der Waals surface area contributed by atoms with Crippen LogP contribution in [0, 0.1) is 5.82 Å². The molecule has 3 N–H and O–H groups in total. The molecular weight excluding hydrogens is 317 g/mol. The number of rotatable bonds is 7. The number of phenols is 1. The third-order valence-electron chi connectivity index (χ3n) is 3.87. The average molecular weight is 343 g/mol. The summed E-state index contributed by atoms with van der Waals surface area (Å²) in [6.45, 7) is 5.22. The number of hydrogen-bond donors (Lipinski definition) is 3. The van der Waals surface area contributed by atoms with Crippen molar-refractivity contribution in [3.63, 3.8) is 0 Å². The maximum Gasteiger partial charge on any atom is 0.191 e. The summed E-state index contributed by atoms with van der Waals surface area (Å²) >= 11 is 0. The lowest BCUT2D eigenvalue weighted by Gasteiger charge is -2.18. The number of nitrogens with zero attached hydrogens (tertiary/aromatic N) is 1. The lowest BCUT2D eigenvalue weighted by Crippen LogP contribution is -2.42. The zero-order valence-corrected chi connectivity index (χ0v) is 14.8. The molecule has 1 atom stereocenters. The largest absolute Gasteiger partial charge is 0.505 e. The Hall–Kier alpha value is -2.56. The molecule has 0 amide bonds. The molecule has 0 radical (unpaired) electrons. The number of nitrogens with one attached hydrogen (secondary N) is 2. The molecular formula is C20H26FN3O. The summed E-state index contributed by atoms with van der Waals surface area (Å²) in [5, 5.41) is 15.8. The molecule has 0 bridgehead atoms. The quantitative estimate of drug-likeness (QED) is 0.532. The lowest BCUT2D eigenvalue weighted by molar-refractivity contribution is 0.432. The van der Waals surface area contributed by atoms with Crippen LogP contribution in [0.2, 0.25) is 0 Å². The Labute approximate surface area is 148 Å². The molecule has 0 aliphatic heterocycles. The van der Waals surface area contributed by atoms with E-state index in [1.54, 1.807) is 6.07 Å². The zero-order valence-electron chi connectivity index (χ0n) is 14.8. The van der Waals surface area contributed by atoms with Crippen molar-refractivity contribution in [2.75, 3.05) is 6.54 Å². The van der Waals surface area contributed by atoms with Crippen molar-refractivity contribution in [3.05, 3.63) is 65.5 Å². The summed E-state index contributed by atoms with van der Waals surface area (Å²) in [4.78, 5) is 4.50. The molecule has 0 fully saturated rings. The van der Waals surface area contributed by atoms with Crippen molar-refractivity contribution in [3.8, 4) is 5.75 Å². The molecule has 4 nitrogen and oxygen atoms in total. The third kappa shape index (κ3) is 6.45. The smallest absolute Gasteiger partial charge is 0.191 e. The van der Waals surface area contributed by atoms with Crippen LogP contribution in [0.4, 0.5) is 4.39 Å². The fraction of sp³-hybridized carbons (Fsp3) is 0.350. The summed E-state index contributed by atoms with van der Waals surface area (Å²) in [5.41, 5.74) is 2.03. The molecule has 2 rings (SSSR count). The highest BCUT2D eigenvalue weighted by atomic mass is 19.1. The van der Waals surface area contributed by atoms with Crippen LogP contribution in [-0.2, 0) is 13.0 Å². The Balaban J connectivity index is 1.90. The number of benzene rings is 2. The van der Waals surface area contributed by atoms with E-state index in [9.17, 15) is 9.50 Å². The van der Waals surface area contributed by atoms with Crippen molar-refractivity contribution in [2.24, 2.45) is 4.99 Å². The Morgan fingerprint density at radius 1 is 1.16 bits per heavy atom. The van der Waals surface area contributed by atoms with E-state index in [0.717, 1.165) is 19.4 Å². The van der Waals surface area contributed by atoms with Gasteiger partial charge in [-0.1, -0.05) is 36.4 Å². The predicted molar refractivity (Wildman–Crippen MR) is 100 cm³/mol. The van der Waals surface area contributed by atoms with Crippen LogP contribution in [0.25, 0.3) is 0 Å². The molecule has 0 heterocycles. The second-order valence-electron chi connectivity index (χ2n) is 6.05. The van der Waals surface area contributed by atoms with E-state index < -0.39 is 5.82 Å². The first-order valence-electron chi connectivity index (χ1n) is 8.64. The van der Waals surface area contributed by atoms with E-state index in [2.05, 4.69) is 46.8 Å². The molecule has 0 saturated carbocycles. The summed E-state index contributed by atoms with van der Waals surface area (Å²) in [5.74, 6) is -0.259. The van der Waals surface area contributed by atoms with E-state index in [0.29, 0.717) is 18.1 Å². The number of phenolic OH excluding ortho intramolecular Hbond substituents is 1. The SMILES string of the molecule is CCNC(=NCc1ccc(O)c(F)c1)NC(C)CCc1ccccc1. The Morgan fingerprint density at radius 3 is 2.60 bits per heavy atom. The topological polar surface area (TPSA) is 56.7 Å². The van der Waals surface area contributed by atoms with Gasteiger partial charge in [-0.05, 0) is 49.9 Å². The van der Waals surface area contributed by atoms with Crippen molar-refractivity contribution in [1.29, 1.82) is 0 Å². The van der Waals surface area contributed by atoms with E-state index >= 15 is 0 Å². The second kappa shape index (κ2) is 9.67. The van der Waals surface area contributed by atoms with Crippen LogP contribution in [0.3, 0.4) is 0 Å². The molecule has 0 aromatic heterocycles. The Bertz CT molecular complexity index is 689. The fourth-order valence-corrected chi connectivity index (χ4v) is 2.47. The van der Waals surface area contributed by atoms with Gasteiger partial charge in [-0.15, -0.1) is 0 Å². The number of aromatic hydroxyl groups is 1. The Morgan fingerprint density at radius 2 is 1.92 bits per heavy atom. The minimum absolute atomic E-state index is 0.259. The van der Waals surface area contributed by atoms with E-state index in [-0.39, 0.29) is 11.8 Å². The number of guanidine groups is 1. The summed E-state index contributed by atoms with van der Waals surface area (Å²) in [7, 11) is 0. The molecule has 5 heteroatoms. The average Bonchev–Trinajstić information content (AvgIpc) is 2.62. The monoisotopic (exact) mass is 343 g/mol. The minimum Gasteiger partial charge on any atom is -0.505 e. The summed E-state index contributed by atoms with van der Waals surface area (Å²) < 4.78 is 13.4. The van der Waals surface area contributed by atoms with Gasteiger partial charge in [0.05, 0.1) is 6.54 Å². The normalized spacial score (nSPS) is 12.7. The predicted octanol–water partition coefficient (Wildman–Crippen LogP) is 3.61. The van der Waals surface area contributed by atoms with E-state index in [1.807, 2.05) is 13.0 Å². The van der Waals surface area contributed by atoms with Gasteiger partial charge >= 0.3 is 0 Å². The second-order valence-corrected chi connectivity index (χ2v) is 6.05.